The normalized spacial score (nSPS) is 14.7. The van der Waals surface area contributed by atoms with E-state index < -0.39 is 0 Å². The highest BCUT2D eigenvalue weighted by atomic mass is 79.9. The predicted molar refractivity (Wildman–Crippen MR) is 88.8 cm³/mol. The third-order valence-electron chi connectivity index (χ3n) is 3.43. The molecule has 0 aromatic heterocycles. The van der Waals surface area contributed by atoms with E-state index in [1.807, 2.05) is 18.2 Å². The standard InChI is InChI=1S/C14H20BrN3S/c1-2-18(11-4-5-11)8-7-17-13-9-10(15)3-6-12(13)14(16)19/h3,6,9,11,17H,2,4-5,7-8H2,1H3,(H2,16,19). The molecular formula is C14H20BrN3S. The Labute approximate surface area is 128 Å². The molecule has 0 atom stereocenters. The zero-order valence-corrected chi connectivity index (χ0v) is 13.6. The van der Waals surface area contributed by atoms with Gasteiger partial charge < -0.3 is 11.1 Å². The van der Waals surface area contributed by atoms with Crippen molar-refractivity contribution >= 4 is 38.8 Å². The van der Waals surface area contributed by atoms with Gasteiger partial charge in [0.15, 0.2) is 0 Å². The Morgan fingerprint density at radius 1 is 1.53 bits per heavy atom. The van der Waals surface area contributed by atoms with Crippen molar-refractivity contribution in [1.29, 1.82) is 0 Å². The van der Waals surface area contributed by atoms with Crippen molar-refractivity contribution in [3.05, 3.63) is 28.2 Å². The molecule has 1 aliphatic carbocycles. The van der Waals surface area contributed by atoms with Crippen LogP contribution >= 0.6 is 28.1 Å². The number of anilines is 1. The quantitative estimate of drug-likeness (QED) is 0.748. The third-order valence-corrected chi connectivity index (χ3v) is 4.14. The van der Waals surface area contributed by atoms with Gasteiger partial charge in [0.25, 0.3) is 0 Å². The van der Waals surface area contributed by atoms with E-state index in [0.29, 0.717) is 4.99 Å². The van der Waals surface area contributed by atoms with E-state index in [-0.39, 0.29) is 0 Å². The average molecular weight is 342 g/mol. The summed E-state index contributed by atoms with van der Waals surface area (Å²) in [6.45, 7) is 5.31. The van der Waals surface area contributed by atoms with Gasteiger partial charge in [0.1, 0.15) is 4.99 Å². The Hall–Kier alpha value is -0.650. The van der Waals surface area contributed by atoms with Gasteiger partial charge in [-0.25, -0.2) is 0 Å². The fourth-order valence-corrected chi connectivity index (χ4v) is 2.79. The molecule has 5 heteroatoms. The zero-order valence-electron chi connectivity index (χ0n) is 11.2. The van der Waals surface area contributed by atoms with Crippen LogP contribution in [0.5, 0.6) is 0 Å². The first-order valence-electron chi connectivity index (χ1n) is 6.69. The Kier molecular flexibility index (Phi) is 5.19. The number of nitrogens with one attached hydrogen (secondary N) is 1. The Bertz CT molecular complexity index is 460. The van der Waals surface area contributed by atoms with Crippen molar-refractivity contribution in [2.24, 2.45) is 5.73 Å². The van der Waals surface area contributed by atoms with Gasteiger partial charge in [0.2, 0.25) is 0 Å². The molecule has 19 heavy (non-hydrogen) atoms. The molecule has 2 rings (SSSR count). The minimum atomic E-state index is 0.435. The number of benzene rings is 1. The van der Waals surface area contributed by atoms with Crippen molar-refractivity contribution in [3.8, 4) is 0 Å². The summed E-state index contributed by atoms with van der Waals surface area (Å²) < 4.78 is 1.03. The molecule has 0 saturated heterocycles. The summed E-state index contributed by atoms with van der Waals surface area (Å²) in [5, 5.41) is 3.44. The van der Waals surface area contributed by atoms with Crippen molar-refractivity contribution < 1.29 is 0 Å². The van der Waals surface area contributed by atoms with E-state index in [9.17, 15) is 0 Å². The maximum atomic E-state index is 5.75. The van der Waals surface area contributed by atoms with E-state index in [1.165, 1.54) is 12.8 Å². The van der Waals surface area contributed by atoms with Crippen LogP contribution in [0.25, 0.3) is 0 Å². The van der Waals surface area contributed by atoms with E-state index in [0.717, 1.165) is 41.4 Å². The fourth-order valence-electron chi connectivity index (χ4n) is 2.25. The van der Waals surface area contributed by atoms with Crippen LogP contribution in [0.4, 0.5) is 5.69 Å². The molecule has 1 saturated carbocycles. The molecule has 104 valence electrons. The molecule has 3 nitrogen and oxygen atoms in total. The molecule has 0 spiro atoms. The van der Waals surface area contributed by atoms with E-state index >= 15 is 0 Å². The molecule has 0 unspecified atom stereocenters. The molecule has 1 aliphatic rings. The monoisotopic (exact) mass is 341 g/mol. The number of hydrogen-bond acceptors (Lipinski definition) is 3. The largest absolute Gasteiger partial charge is 0.389 e. The Balaban J connectivity index is 1.94. The Morgan fingerprint density at radius 2 is 2.26 bits per heavy atom. The lowest BCUT2D eigenvalue weighted by Gasteiger charge is -2.20. The van der Waals surface area contributed by atoms with E-state index in [1.54, 1.807) is 0 Å². The second kappa shape index (κ2) is 6.68. The number of halogens is 1. The van der Waals surface area contributed by atoms with Gasteiger partial charge in [-0.15, -0.1) is 0 Å². The molecule has 1 fully saturated rings. The molecular weight excluding hydrogens is 322 g/mol. The smallest absolute Gasteiger partial charge is 0.106 e. The van der Waals surface area contributed by atoms with Crippen LogP contribution in [0.1, 0.15) is 25.3 Å². The lowest BCUT2D eigenvalue weighted by Crippen LogP contribution is -2.31. The van der Waals surface area contributed by atoms with Gasteiger partial charge in [-0.2, -0.15) is 0 Å². The summed E-state index contributed by atoms with van der Waals surface area (Å²) in [5.74, 6) is 0. The van der Waals surface area contributed by atoms with E-state index in [2.05, 4.69) is 33.1 Å². The summed E-state index contributed by atoms with van der Waals surface area (Å²) in [4.78, 5) is 2.95. The molecule has 1 aromatic carbocycles. The fraction of sp³-hybridized carbons (Fsp3) is 0.500. The van der Waals surface area contributed by atoms with Crippen molar-refractivity contribution in [3.63, 3.8) is 0 Å². The van der Waals surface area contributed by atoms with Gasteiger partial charge in [0.05, 0.1) is 0 Å². The predicted octanol–water partition coefficient (Wildman–Crippen LogP) is 2.98. The van der Waals surface area contributed by atoms with Crippen molar-refractivity contribution in [2.45, 2.75) is 25.8 Å². The van der Waals surface area contributed by atoms with Crippen LogP contribution < -0.4 is 11.1 Å². The summed E-state index contributed by atoms with van der Waals surface area (Å²) >= 11 is 8.56. The third kappa shape index (κ3) is 4.16. The summed E-state index contributed by atoms with van der Waals surface area (Å²) in [6.07, 6.45) is 2.70. The molecule has 0 radical (unpaired) electrons. The highest BCUT2D eigenvalue weighted by Gasteiger charge is 2.27. The highest BCUT2D eigenvalue weighted by molar-refractivity contribution is 9.10. The summed E-state index contributed by atoms with van der Waals surface area (Å²) in [6, 6.07) is 6.75. The molecule has 0 amide bonds. The lowest BCUT2D eigenvalue weighted by atomic mass is 10.2. The SMILES string of the molecule is CCN(CCNc1cc(Br)ccc1C(N)=S)C1CC1. The van der Waals surface area contributed by atoms with E-state index in [4.69, 9.17) is 18.0 Å². The first kappa shape index (κ1) is 14.8. The topological polar surface area (TPSA) is 41.3 Å². The Morgan fingerprint density at radius 3 is 2.84 bits per heavy atom. The van der Waals surface area contributed by atoms with Crippen molar-refractivity contribution in [1.82, 2.24) is 4.90 Å². The van der Waals surface area contributed by atoms with Gasteiger partial charge in [-0.3, -0.25) is 4.90 Å². The van der Waals surface area contributed by atoms with Gasteiger partial charge in [-0.1, -0.05) is 35.1 Å². The number of thiocarbonyl (C=S) groups is 1. The van der Waals surface area contributed by atoms with Crippen molar-refractivity contribution in [2.75, 3.05) is 25.0 Å². The first-order chi connectivity index (χ1) is 9.11. The maximum absolute atomic E-state index is 5.75. The number of rotatable bonds is 7. The zero-order chi connectivity index (χ0) is 13.8. The first-order valence-corrected chi connectivity index (χ1v) is 7.89. The maximum Gasteiger partial charge on any atom is 0.106 e. The molecule has 0 aliphatic heterocycles. The van der Waals surface area contributed by atoms with Gasteiger partial charge >= 0.3 is 0 Å². The number of likely N-dealkylation sites (N-methyl/N-ethyl adjacent to an activating group) is 1. The minimum Gasteiger partial charge on any atom is -0.389 e. The minimum absolute atomic E-state index is 0.435. The van der Waals surface area contributed by atoms with Crippen LogP contribution in [0.3, 0.4) is 0 Å². The summed E-state index contributed by atoms with van der Waals surface area (Å²) in [5.41, 5.74) is 7.66. The number of hydrogen-bond donors (Lipinski definition) is 2. The highest BCUT2D eigenvalue weighted by Crippen LogP contribution is 2.26. The van der Waals surface area contributed by atoms with Crippen LogP contribution in [0.15, 0.2) is 22.7 Å². The lowest BCUT2D eigenvalue weighted by molar-refractivity contribution is 0.289. The number of nitrogens with zero attached hydrogens (tertiary/aromatic N) is 1. The van der Waals surface area contributed by atoms with Crippen LogP contribution in [0.2, 0.25) is 0 Å². The molecule has 0 bridgehead atoms. The van der Waals surface area contributed by atoms with Crippen LogP contribution in [-0.2, 0) is 0 Å². The second-order valence-corrected chi connectivity index (χ2v) is 6.20. The summed E-state index contributed by atoms with van der Waals surface area (Å²) in [7, 11) is 0. The van der Waals surface area contributed by atoms with Gasteiger partial charge in [0, 0.05) is 34.9 Å². The second-order valence-electron chi connectivity index (χ2n) is 4.84. The average Bonchev–Trinajstić information content (AvgIpc) is 3.18. The molecule has 3 N–H and O–H groups in total. The van der Waals surface area contributed by atoms with Crippen LogP contribution in [0, 0.1) is 0 Å². The number of nitrogens with two attached hydrogens (primary N) is 1. The van der Waals surface area contributed by atoms with Gasteiger partial charge in [-0.05, 0) is 37.6 Å². The molecule has 0 heterocycles. The molecule has 1 aromatic rings. The van der Waals surface area contributed by atoms with Crippen LogP contribution in [-0.4, -0.2) is 35.6 Å².